The van der Waals surface area contributed by atoms with Gasteiger partial charge in [-0.15, -0.1) is 5.48 Å². The molecule has 0 saturated carbocycles. The molecule has 3 aromatic rings. The molecule has 0 saturated heterocycles. The maximum Gasteiger partial charge on any atom is 0.283 e. The van der Waals surface area contributed by atoms with Gasteiger partial charge in [0.1, 0.15) is 17.4 Å². The van der Waals surface area contributed by atoms with Crippen molar-refractivity contribution in [2.24, 2.45) is 0 Å². The molecule has 3 rings (SSSR count). The van der Waals surface area contributed by atoms with Crippen LogP contribution in [0.5, 0.6) is 5.75 Å². The number of carbonyl (C=O) groups is 1. The van der Waals surface area contributed by atoms with E-state index in [1.54, 1.807) is 0 Å². The van der Waals surface area contributed by atoms with Crippen LogP contribution in [-0.2, 0) is 4.79 Å². The molecule has 1 aromatic heterocycles. The van der Waals surface area contributed by atoms with Gasteiger partial charge in [-0.2, -0.15) is 0 Å². The number of nitrogens with one attached hydrogen (secondary N) is 2. The van der Waals surface area contributed by atoms with Crippen LogP contribution >= 0.6 is 0 Å². The van der Waals surface area contributed by atoms with Crippen molar-refractivity contribution < 1.29 is 14.7 Å². The number of carbonyl (C=O) groups excluding carboxylic acids is 1. The minimum Gasteiger partial charge on any atom is -0.494 e. The molecule has 0 radical (unpaired) electrons. The highest BCUT2D eigenvalue weighted by Crippen LogP contribution is 2.25. The fraction of sp³-hybridized carbons (Fsp3) is 0.211. The molecule has 2 aromatic carbocycles. The van der Waals surface area contributed by atoms with Gasteiger partial charge in [0.25, 0.3) is 5.91 Å². The van der Waals surface area contributed by atoms with E-state index in [9.17, 15) is 4.79 Å². The second kappa shape index (κ2) is 8.26. The Balaban J connectivity index is 1.64. The van der Waals surface area contributed by atoms with Gasteiger partial charge in [0, 0.05) is 17.5 Å². The molecule has 26 heavy (non-hydrogen) atoms. The lowest BCUT2D eigenvalue weighted by molar-refractivity contribution is -0.129. The fourth-order valence-electron chi connectivity index (χ4n) is 2.54. The minimum atomic E-state index is -0.305. The van der Waals surface area contributed by atoms with Crippen molar-refractivity contribution in [2.45, 2.75) is 19.8 Å². The summed E-state index contributed by atoms with van der Waals surface area (Å²) in [6.45, 7) is 2.30. The van der Waals surface area contributed by atoms with Gasteiger partial charge < -0.3 is 15.3 Å². The summed E-state index contributed by atoms with van der Waals surface area (Å²) in [6, 6.07) is 15.4. The molecule has 0 aliphatic carbocycles. The highest BCUT2D eigenvalue weighted by atomic mass is 16.5. The van der Waals surface area contributed by atoms with E-state index < -0.39 is 0 Å². The first kappa shape index (κ1) is 17.6. The standard InChI is InChI=1S/C19H20N4O3/c1-13-20-17-6-3-2-5-16(17)19(21-13)22-14-8-10-15(11-9-14)26-12-4-7-18(24)23-25/h2-3,5-6,8-11,25H,4,7,12H2,1H3,(H,23,24)(H,20,21,22)/p+1. The topological polar surface area (TPSA) is 99.0 Å². The number of anilines is 2. The zero-order valence-electron chi connectivity index (χ0n) is 14.5. The van der Waals surface area contributed by atoms with E-state index in [0.29, 0.717) is 18.9 Å². The van der Waals surface area contributed by atoms with Gasteiger partial charge in [-0.1, -0.05) is 12.1 Å². The van der Waals surface area contributed by atoms with Gasteiger partial charge in [0.05, 0.1) is 12.1 Å². The highest BCUT2D eigenvalue weighted by molar-refractivity contribution is 5.90. The Morgan fingerprint density at radius 2 is 1.88 bits per heavy atom. The number of hydrogen-bond acceptors (Lipinski definition) is 5. The lowest BCUT2D eigenvalue weighted by atomic mass is 10.2. The van der Waals surface area contributed by atoms with Crippen LogP contribution in [0.3, 0.4) is 0 Å². The lowest BCUT2D eigenvalue weighted by Crippen LogP contribution is -2.18. The van der Waals surface area contributed by atoms with Crippen LogP contribution in [0.15, 0.2) is 48.5 Å². The van der Waals surface area contributed by atoms with Crippen LogP contribution in [-0.4, -0.2) is 27.7 Å². The minimum absolute atomic E-state index is 0.281. The normalized spacial score (nSPS) is 10.5. The zero-order chi connectivity index (χ0) is 18.4. The number of hydroxylamine groups is 1. The molecule has 0 spiro atoms. The van der Waals surface area contributed by atoms with Crippen LogP contribution in [0.4, 0.5) is 11.5 Å². The molecule has 0 fully saturated rings. The van der Waals surface area contributed by atoms with Gasteiger partial charge in [-0.05, 0) is 49.7 Å². The molecule has 134 valence electrons. The maximum absolute atomic E-state index is 11.0. The van der Waals surface area contributed by atoms with E-state index in [-0.39, 0.29) is 12.3 Å². The van der Waals surface area contributed by atoms with Crippen molar-refractivity contribution in [3.63, 3.8) is 0 Å². The Bertz CT molecular complexity index is 897. The third-order valence-corrected chi connectivity index (χ3v) is 3.79. The summed E-state index contributed by atoms with van der Waals surface area (Å²) < 4.78 is 5.60. The number of ether oxygens (including phenoxy) is 1. The summed E-state index contributed by atoms with van der Waals surface area (Å²) in [5, 5.41) is 11.0. The fourth-order valence-corrected chi connectivity index (χ4v) is 2.54. The maximum atomic E-state index is 11.0. The molecule has 0 bridgehead atoms. The number of amides is 1. The highest BCUT2D eigenvalue weighted by Gasteiger charge is 2.06. The van der Waals surface area contributed by atoms with E-state index in [1.807, 2.05) is 60.9 Å². The largest absolute Gasteiger partial charge is 0.494 e. The summed E-state index contributed by atoms with van der Waals surface area (Å²) >= 11 is 0. The summed E-state index contributed by atoms with van der Waals surface area (Å²) in [5.41, 5.74) is 3.65. The quantitative estimate of drug-likeness (QED) is 0.386. The van der Waals surface area contributed by atoms with Crippen LogP contribution in [0.1, 0.15) is 18.7 Å². The molecule has 1 amide bonds. The predicted molar refractivity (Wildman–Crippen MR) is 100 cm³/mol. The summed E-state index contributed by atoms with van der Waals surface area (Å²) in [4.78, 5) is 19.9. The van der Waals surface area contributed by atoms with Crippen molar-refractivity contribution in [3.8, 4) is 5.75 Å². The number of hydrogen-bond donors (Lipinski definition) is 2. The monoisotopic (exact) mass is 353 g/mol. The van der Waals surface area contributed by atoms with Crippen molar-refractivity contribution in [1.82, 2.24) is 15.4 Å². The molecular weight excluding hydrogens is 332 g/mol. The number of para-hydroxylation sites is 1. The van der Waals surface area contributed by atoms with E-state index in [2.05, 4.69) is 15.3 Å². The molecule has 0 aliphatic rings. The van der Waals surface area contributed by atoms with Crippen LogP contribution in [0.25, 0.3) is 10.9 Å². The van der Waals surface area contributed by atoms with Gasteiger partial charge in [-0.25, -0.2) is 9.97 Å². The number of aryl methyl sites for hydroxylation is 1. The Hall–Kier alpha value is -3.19. The smallest absolute Gasteiger partial charge is 0.283 e. The SMILES string of the molecule is Cc1nc(Nc2ccc(OCCCC(=O)N[OH2+])cc2)c2ccccc2n1. The first-order chi connectivity index (χ1) is 12.7. The molecule has 0 atom stereocenters. The predicted octanol–water partition coefficient (Wildman–Crippen LogP) is 2.60. The van der Waals surface area contributed by atoms with Crippen LogP contribution < -0.4 is 15.5 Å². The number of aromatic nitrogens is 2. The Labute approximate surface area is 151 Å². The Kier molecular flexibility index (Phi) is 5.60. The van der Waals surface area contributed by atoms with Gasteiger partial charge in [-0.3, -0.25) is 4.79 Å². The number of nitrogens with zero attached hydrogens (tertiary/aromatic N) is 2. The van der Waals surface area contributed by atoms with Crippen molar-refractivity contribution >= 4 is 28.3 Å². The third-order valence-electron chi connectivity index (χ3n) is 3.79. The zero-order valence-corrected chi connectivity index (χ0v) is 14.5. The second-order valence-corrected chi connectivity index (χ2v) is 5.79. The first-order valence-electron chi connectivity index (χ1n) is 8.34. The van der Waals surface area contributed by atoms with E-state index in [0.717, 1.165) is 28.2 Å². The van der Waals surface area contributed by atoms with Gasteiger partial charge in [0.15, 0.2) is 0 Å². The summed E-state index contributed by atoms with van der Waals surface area (Å²) in [6.07, 6.45) is 0.847. The van der Waals surface area contributed by atoms with E-state index in [4.69, 9.17) is 9.94 Å². The molecular formula is C19H21N4O3+. The van der Waals surface area contributed by atoms with Gasteiger partial charge in [0.2, 0.25) is 0 Å². The lowest BCUT2D eigenvalue weighted by Gasteiger charge is -2.11. The first-order valence-corrected chi connectivity index (χ1v) is 8.34. The molecule has 7 nitrogen and oxygen atoms in total. The summed E-state index contributed by atoms with van der Waals surface area (Å²) in [7, 11) is 0. The molecule has 0 unspecified atom stereocenters. The number of benzene rings is 2. The van der Waals surface area contributed by atoms with Gasteiger partial charge >= 0.3 is 0 Å². The Morgan fingerprint density at radius 3 is 2.65 bits per heavy atom. The average Bonchev–Trinajstić information content (AvgIpc) is 2.66. The van der Waals surface area contributed by atoms with Crippen LogP contribution in [0.2, 0.25) is 0 Å². The van der Waals surface area contributed by atoms with E-state index >= 15 is 0 Å². The molecule has 7 heteroatoms. The molecule has 4 N–H and O–H groups in total. The van der Waals surface area contributed by atoms with E-state index in [1.165, 1.54) is 0 Å². The van der Waals surface area contributed by atoms with Crippen molar-refractivity contribution in [2.75, 3.05) is 11.9 Å². The number of rotatable bonds is 7. The Morgan fingerprint density at radius 1 is 1.12 bits per heavy atom. The van der Waals surface area contributed by atoms with Crippen LogP contribution in [0, 0.1) is 6.92 Å². The van der Waals surface area contributed by atoms with Crippen molar-refractivity contribution in [1.29, 1.82) is 0 Å². The van der Waals surface area contributed by atoms with Crippen molar-refractivity contribution in [3.05, 3.63) is 54.4 Å². The average molecular weight is 353 g/mol. The number of fused-ring (bicyclic) bond motifs is 1. The molecule has 0 aliphatic heterocycles. The molecule has 1 heterocycles. The second-order valence-electron chi connectivity index (χ2n) is 5.79. The summed E-state index contributed by atoms with van der Waals surface area (Å²) in [5.74, 6) is 1.90. The third kappa shape index (κ3) is 4.46.